The lowest BCUT2D eigenvalue weighted by atomic mass is 10.2. The van der Waals surface area contributed by atoms with E-state index in [1.807, 2.05) is 0 Å². The fraction of sp³-hybridized carbons (Fsp3) is 0.625. The van der Waals surface area contributed by atoms with E-state index < -0.39 is 30.5 Å². The van der Waals surface area contributed by atoms with Gasteiger partial charge in [0.1, 0.15) is 6.04 Å². The van der Waals surface area contributed by atoms with Crippen LogP contribution in [-0.4, -0.2) is 42.9 Å². The van der Waals surface area contributed by atoms with Gasteiger partial charge in [-0.25, -0.2) is 9.59 Å². The number of carboxylic acid groups (broad SMARTS) is 1. The van der Waals surface area contributed by atoms with Gasteiger partial charge >= 0.3 is 18.0 Å². The minimum Gasteiger partial charge on any atom is -0.481 e. The van der Waals surface area contributed by atoms with Crippen LogP contribution in [0.2, 0.25) is 0 Å². The Bertz CT molecular complexity index is 252. The summed E-state index contributed by atoms with van der Waals surface area (Å²) in [6.07, 6.45) is -1.43. The molecular weight excluding hydrogens is 206 g/mol. The zero-order chi connectivity index (χ0) is 11.8. The normalized spacial score (nSPS) is 11.3. The highest BCUT2D eigenvalue weighted by atomic mass is 16.5. The fourth-order valence-electron chi connectivity index (χ4n) is 0.812. The van der Waals surface area contributed by atoms with E-state index in [1.165, 1.54) is 0 Å². The van der Waals surface area contributed by atoms with Crippen molar-refractivity contribution >= 4 is 18.0 Å². The second kappa shape index (κ2) is 6.63. The zero-order valence-electron chi connectivity index (χ0n) is 8.48. The first-order chi connectivity index (χ1) is 7.01. The van der Waals surface area contributed by atoms with Crippen LogP contribution in [0.1, 0.15) is 13.3 Å². The topological polar surface area (TPSA) is 102 Å². The van der Waals surface area contributed by atoms with Crippen LogP contribution in [-0.2, 0) is 19.1 Å². The van der Waals surface area contributed by atoms with Crippen molar-refractivity contribution in [1.82, 2.24) is 5.32 Å². The van der Waals surface area contributed by atoms with Crippen molar-refractivity contribution in [1.29, 1.82) is 0 Å². The van der Waals surface area contributed by atoms with E-state index in [4.69, 9.17) is 5.11 Å². The molecule has 2 N–H and O–H groups in total. The van der Waals surface area contributed by atoms with Crippen molar-refractivity contribution in [2.45, 2.75) is 19.4 Å². The summed E-state index contributed by atoms with van der Waals surface area (Å²) >= 11 is 0. The third-order valence-corrected chi connectivity index (χ3v) is 1.43. The smallest absolute Gasteiger partial charge is 0.407 e. The summed E-state index contributed by atoms with van der Waals surface area (Å²) in [6, 6.07) is -1.23. The van der Waals surface area contributed by atoms with E-state index in [0.717, 1.165) is 7.11 Å². The molecule has 0 aromatic rings. The number of methoxy groups -OCH3 is 1. The van der Waals surface area contributed by atoms with Crippen LogP contribution in [0, 0.1) is 0 Å². The van der Waals surface area contributed by atoms with Crippen LogP contribution in [0.5, 0.6) is 0 Å². The lowest BCUT2D eigenvalue weighted by molar-refractivity contribution is -0.149. The highest BCUT2D eigenvalue weighted by Gasteiger charge is 2.25. The van der Waals surface area contributed by atoms with Crippen LogP contribution >= 0.6 is 0 Å². The van der Waals surface area contributed by atoms with Crippen LogP contribution < -0.4 is 5.32 Å². The molecule has 0 aromatic carbocycles. The highest BCUT2D eigenvalue weighted by Crippen LogP contribution is 1.97. The first-order valence-electron chi connectivity index (χ1n) is 4.24. The molecule has 0 unspecified atom stereocenters. The van der Waals surface area contributed by atoms with E-state index in [0.29, 0.717) is 0 Å². The largest absolute Gasteiger partial charge is 0.481 e. The lowest BCUT2D eigenvalue weighted by Gasteiger charge is -2.14. The predicted molar refractivity (Wildman–Crippen MR) is 48.2 cm³/mol. The molecule has 0 bridgehead atoms. The molecule has 0 rings (SSSR count). The van der Waals surface area contributed by atoms with Gasteiger partial charge in [-0.1, -0.05) is 0 Å². The quantitative estimate of drug-likeness (QED) is 0.618. The molecule has 0 radical (unpaired) electrons. The molecule has 0 aliphatic carbocycles. The Morgan fingerprint density at radius 1 is 1.40 bits per heavy atom. The fourth-order valence-corrected chi connectivity index (χ4v) is 0.812. The molecule has 0 heterocycles. The summed E-state index contributed by atoms with van der Waals surface area (Å²) in [6.45, 7) is 1.69. The number of hydrogen-bond acceptors (Lipinski definition) is 5. The number of aliphatic carboxylic acids is 1. The first-order valence-corrected chi connectivity index (χ1v) is 4.24. The molecule has 7 heteroatoms. The summed E-state index contributed by atoms with van der Waals surface area (Å²) in [7, 11) is 1.11. The average Bonchev–Trinajstić information content (AvgIpc) is 2.16. The maximum atomic E-state index is 11.2. The van der Waals surface area contributed by atoms with Crippen molar-refractivity contribution in [3.05, 3.63) is 0 Å². The summed E-state index contributed by atoms with van der Waals surface area (Å²) in [5.41, 5.74) is 0. The third kappa shape index (κ3) is 5.50. The Hall–Kier alpha value is -1.79. The van der Waals surface area contributed by atoms with Gasteiger partial charge in [-0.2, -0.15) is 0 Å². The molecule has 1 atom stereocenters. The standard InChI is InChI=1S/C8H13NO6/c1-3-15-7(12)5(4-6(10)11)9-8(13)14-2/h5H,3-4H2,1-2H3,(H,9,13)(H,10,11)/t5-/m0/s1. The van der Waals surface area contributed by atoms with Gasteiger partial charge in [0.05, 0.1) is 20.1 Å². The number of carboxylic acids is 1. The van der Waals surface area contributed by atoms with Crippen LogP contribution in [0.3, 0.4) is 0 Å². The van der Waals surface area contributed by atoms with Gasteiger partial charge in [0.2, 0.25) is 0 Å². The highest BCUT2D eigenvalue weighted by molar-refractivity contribution is 5.85. The first kappa shape index (κ1) is 13.2. The predicted octanol–water partition coefficient (Wildman–Crippen LogP) is -0.251. The second-order valence-corrected chi connectivity index (χ2v) is 2.54. The number of alkyl carbamates (subject to hydrolysis) is 1. The molecule has 15 heavy (non-hydrogen) atoms. The zero-order valence-corrected chi connectivity index (χ0v) is 8.48. The van der Waals surface area contributed by atoms with Crippen molar-refractivity contribution in [3.63, 3.8) is 0 Å². The Morgan fingerprint density at radius 2 is 2.00 bits per heavy atom. The second-order valence-electron chi connectivity index (χ2n) is 2.54. The monoisotopic (exact) mass is 219 g/mol. The van der Waals surface area contributed by atoms with Crippen LogP contribution in [0.4, 0.5) is 4.79 Å². The van der Waals surface area contributed by atoms with Crippen molar-refractivity contribution in [2.75, 3.05) is 13.7 Å². The molecule has 0 aromatic heterocycles. The van der Waals surface area contributed by atoms with E-state index in [9.17, 15) is 14.4 Å². The summed E-state index contributed by atoms with van der Waals surface area (Å²) < 4.78 is 8.82. The van der Waals surface area contributed by atoms with Crippen molar-refractivity contribution in [2.24, 2.45) is 0 Å². The van der Waals surface area contributed by atoms with Crippen molar-refractivity contribution < 1.29 is 29.0 Å². The number of hydrogen-bond donors (Lipinski definition) is 2. The summed E-state index contributed by atoms with van der Waals surface area (Å²) in [5, 5.41) is 10.6. The molecule has 0 saturated heterocycles. The van der Waals surface area contributed by atoms with Gasteiger partial charge in [0, 0.05) is 0 Å². The maximum Gasteiger partial charge on any atom is 0.407 e. The minimum absolute atomic E-state index is 0.109. The van der Waals surface area contributed by atoms with E-state index in [-0.39, 0.29) is 6.61 Å². The molecule has 0 saturated carbocycles. The molecule has 0 aliphatic heterocycles. The number of carbonyl (C=O) groups is 3. The molecule has 7 nitrogen and oxygen atoms in total. The lowest BCUT2D eigenvalue weighted by Crippen LogP contribution is -2.43. The Balaban J connectivity index is 4.36. The third-order valence-electron chi connectivity index (χ3n) is 1.43. The number of nitrogens with one attached hydrogen (secondary N) is 1. The summed E-state index contributed by atoms with van der Waals surface area (Å²) in [4.78, 5) is 32.3. The number of amides is 1. The van der Waals surface area contributed by atoms with Crippen LogP contribution in [0.25, 0.3) is 0 Å². The van der Waals surface area contributed by atoms with Gasteiger partial charge in [-0.3, -0.25) is 4.79 Å². The van der Waals surface area contributed by atoms with Crippen LogP contribution in [0.15, 0.2) is 0 Å². The Morgan fingerprint density at radius 3 is 2.40 bits per heavy atom. The maximum absolute atomic E-state index is 11.2. The number of rotatable bonds is 5. The number of ether oxygens (including phenoxy) is 2. The SMILES string of the molecule is CCOC(=O)[C@H](CC(=O)O)NC(=O)OC. The minimum atomic E-state index is -1.23. The molecule has 0 fully saturated rings. The van der Waals surface area contributed by atoms with E-state index in [2.05, 4.69) is 14.8 Å². The number of esters is 1. The van der Waals surface area contributed by atoms with E-state index in [1.54, 1.807) is 6.92 Å². The van der Waals surface area contributed by atoms with Gasteiger partial charge in [0.25, 0.3) is 0 Å². The van der Waals surface area contributed by atoms with E-state index >= 15 is 0 Å². The molecular formula is C8H13NO6. The molecule has 0 aliphatic rings. The molecule has 1 amide bonds. The van der Waals surface area contributed by atoms with Crippen molar-refractivity contribution in [3.8, 4) is 0 Å². The van der Waals surface area contributed by atoms with Gasteiger partial charge in [-0.05, 0) is 6.92 Å². The van der Waals surface area contributed by atoms with Gasteiger partial charge in [0.15, 0.2) is 0 Å². The summed E-state index contributed by atoms with van der Waals surface area (Å²) in [5.74, 6) is -2.02. The number of carbonyl (C=O) groups excluding carboxylic acids is 2. The molecule has 86 valence electrons. The van der Waals surface area contributed by atoms with Gasteiger partial charge in [-0.15, -0.1) is 0 Å². The molecule has 0 spiro atoms. The Kier molecular flexibility index (Phi) is 5.84. The van der Waals surface area contributed by atoms with Gasteiger partial charge < -0.3 is 19.9 Å². The Labute approximate surface area is 86.3 Å². The average molecular weight is 219 g/mol.